The van der Waals surface area contributed by atoms with Gasteiger partial charge in [0.25, 0.3) is 0 Å². The lowest BCUT2D eigenvalue weighted by atomic mass is 10.0. The van der Waals surface area contributed by atoms with E-state index in [2.05, 4.69) is 0 Å². The molecule has 17 heavy (non-hydrogen) atoms. The highest BCUT2D eigenvalue weighted by Gasteiger charge is 2.28. The minimum atomic E-state index is -0.866. The van der Waals surface area contributed by atoms with Gasteiger partial charge in [0.05, 0.1) is 0 Å². The fourth-order valence-corrected chi connectivity index (χ4v) is 2.30. The Morgan fingerprint density at radius 1 is 1.35 bits per heavy atom. The van der Waals surface area contributed by atoms with Crippen molar-refractivity contribution in [2.45, 2.75) is 25.3 Å². The van der Waals surface area contributed by atoms with E-state index in [4.69, 9.17) is 0 Å². The van der Waals surface area contributed by atoms with E-state index in [1.54, 1.807) is 18.2 Å². The zero-order chi connectivity index (χ0) is 12.3. The first-order valence-electron chi connectivity index (χ1n) is 5.89. The number of halogens is 1. The van der Waals surface area contributed by atoms with E-state index in [9.17, 15) is 14.3 Å². The molecule has 0 aliphatic carbocycles. The molecule has 0 amide bonds. The van der Waals surface area contributed by atoms with E-state index in [0.717, 1.165) is 25.9 Å². The average molecular weight is 237 g/mol. The van der Waals surface area contributed by atoms with Gasteiger partial charge in [0.15, 0.2) is 0 Å². The summed E-state index contributed by atoms with van der Waals surface area (Å²) < 4.78 is 13.5. The number of hydrogen-bond donors (Lipinski definition) is 1. The summed E-state index contributed by atoms with van der Waals surface area (Å²) in [5, 5.41) is 9.22. The summed E-state index contributed by atoms with van der Waals surface area (Å²) >= 11 is 0. The van der Waals surface area contributed by atoms with Gasteiger partial charge in [-0.2, -0.15) is 0 Å². The SMILES string of the molecule is O=C(O)[C@@H](Cc1ccccc1F)N1CCCC1. The molecule has 92 valence electrons. The Kier molecular flexibility index (Phi) is 3.74. The van der Waals surface area contributed by atoms with Crippen molar-refractivity contribution in [1.82, 2.24) is 4.90 Å². The molecule has 3 nitrogen and oxygen atoms in total. The van der Waals surface area contributed by atoms with E-state index in [1.165, 1.54) is 6.07 Å². The second-order valence-corrected chi connectivity index (χ2v) is 4.39. The fourth-order valence-electron chi connectivity index (χ4n) is 2.30. The molecule has 1 aromatic carbocycles. The summed E-state index contributed by atoms with van der Waals surface area (Å²) in [5.41, 5.74) is 0.479. The molecule has 0 bridgehead atoms. The van der Waals surface area contributed by atoms with Gasteiger partial charge in [-0.25, -0.2) is 4.39 Å². The third-order valence-electron chi connectivity index (χ3n) is 3.24. The maximum absolute atomic E-state index is 13.5. The van der Waals surface area contributed by atoms with Crippen LogP contribution in [0.4, 0.5) is 4.39 Å². The van der Waals surface area contributed by atoms with E-state index in [1.807, 2.05) is 4.90 Å². The van der Waals surface area contributed by atoms with Gasteiger partial charge >= 0.3 is 5.97 Å². The Bertz CT molecular complexity index is 402. The largest absolute Gasteiger partial charge is 0.480 e. The molecule has 0 saturated carbocycles. The Hall–Kier alpha value is -1.42. The van der Waals surface area contributed by atoms with Gasteiger partial charge in [0.1, 0.15) is 11.9 Å². The normalized spacial score (nSPS) is 18.2. The summed E-state index contributed by atoms with van der Waals surface area (Å²) in [6, 6.07) is 5.78. The smallest absolute Gasteiger partial charge is 0.321 e. The van der Waals surface area contributed by atoms with Crippen LogP contribution in [-0.2, 0) is 11.2 Å². The molecule has 1 aromatic rings. The van der Waals surface area contributed by atoms with Crippen molar-refractivity contribution in [3.05, 3.63) is 35.6 Å². The summed E-state index contributed by atoms with van der Waals surface area (Å²) in [4.78, 5) is 13.2. The first-order valence-corrected chi connectivity index (χ1v) is 5.89. The molecule has 1 N–H and O–H groups in total. The van der Waals surface area contributed by atoms with Gasteiger partial charge in [-0.1, -0.05) is 18.2 Å². The van der Waals surface area contributed by atoms with E-state index in [0.29, 0.717) is 5.56 Å². The Morgan fingerprint density at radius 2 is 2.00 bits per heavy atom. The molecule has 4 heteroatoms. The minimum Gasteiger partial charge on any atom is -0.480 e. The standard InChI is InChI=1S/C13H16FNO2/c14-11-6-2-1-5-10(11)9-12(13(16)17)15-7-3-4-8-15/h1-2,5-6,12H,3-4,7-9H2,(H,16,17)/t12-/m1/s1. The van der Waals surface area contributed by atoms with Crippen LogP contribution in [0.15, 0.2) is 24.3 Å². The molecule has 1 fully saturated rings. The molecule has 1 aliphatic heterocycles. The van der Waals surface area contributed by atoms with Crippen LogP contribution in [0, 0.1) is 5.82 Å². The number of benzene rings is 1. The quantitative estimate of drug-likeness (QED) is 0.869. The predicted octanol–water partition coefficient (Wildman–Crippen LogP) is 1.92. The third kappa shape index (κ3) is 2.82. The molecule has 1 heterocycles. The zero-order valence-corrected chi connectivity index (χ0v) is 9.60. The Morgan fingerprint density at radius 3 is 2.59 bits per heavy atom. The van der Waals surface area contributed by atoms with Crippen LogP contribution >= 0.6 is 0 Å². The minimum absolute atomic E-state index is 0.238. The first kappa shape index (κ1) is 12.0. The monoisotopic (exact) mass is 237 g/mol. The predicted molar refractivity (Wildman–Crippen MR) is 62.3 cm³/mol. The van der Waals surface area contributed by atoms with Gasteiger partial charge in [-0.05, 0) is 37.6 Å². The van der Waals surface area contributed by atoms with Gasteiger partial charge < -0.3 is 5.11 Å². The van der Waals surface area contributed by atoms with Crippen LogP contribution < -0.4 is 0 Å². The van der Waals surface area contributed by atoms with Gasteiger partial charge in [0.2, 0.25) is 0 Å². The van der Waals surface area contributed by atoms with Crippen molar-refractivity contribution in [2.24, 2.45) is 0 Å². The lowest BCUT2D eigenvalue weighted by molar-refractivity contribution is -0.142. The molecule has 1 aliphatic rings. The molecule has 0 spiro atoms. The second-order valence-electron chi connectivity index (χ2n) is 4.39. The Labute approximate surface area is 99.9 Å². The maximum atomic E-state index is 13.5. The van der Waals surface area contributed by atoms with Crippen molar-refractivity contribution >= 4 is 5.97 Å². The lowest BCUT2D eigenvalue weighted by Crippen LogP contribution is -2.41. The van der Waals surface area contributed by atoms with E-state index in [-0.39, 0.29) is 12.2 Å². The van der Waals surface area contributed by atoms with Gasteiger partial charge in [-0.3, -0.25) is 9.69 Å². The van der Waals surface area contributed by atoms with Crippen molar-refractivity contribution in [3.8, 4) is 0 Å². The molecule has 0 aromatic heterocycles. The highest BCUT2D eigenvalue weighted by atomic mass is 19.1. The highest BCUT2D eigenvalue weighted by molar-refractivity contribution is 5.74. The molecule has 2 rings (SSSR count). The molecule has 1 saturated heterocycles. The Balaban J connectivity index is 2.12. The van der Waals surface area contributed by atoms with Crippen molar-refractivity contribution in [3.63, 3.8) is 0 Å². The third-order valence-corrected chi connectivity index (χ3v) is 3.24. The topological polar surface area (TPSA) is 40.5 Å². The van der Waals surface area contributed by atoms with Crippen LogP contribution in [0.3, 0.4) is 0 Å². The summed E-state index contributed by atoms with van der Waals surface area (Å²) in [5.74, 6) is -1.19. The molecule has 1 atom stereocenters. The molecular formula is C13H16FNO2. The summed E-state index contributed by atoms with van der Waals surface area (Å²) in [6.45, 7) is 1.59. The average Bonchev–Trinajstić information content (AvgIpc) is 2.81. The molecule has 0 unspecified atom stereocenters. The van der Waals surface area contributed by atoms with Crippen molar-refractivity contribution in [2.75, 3.05) is 13.1 Å². The number of rotatable bonds is 4. The number of carboxylic acids is 1. The first-order chi connectivity index (χ1) is 8.18. The van der Waals surface area contributed by atoms with Crippen LogP contribution in [0.25, 0.3) is 0 Å². The number of carbonyl (C=O) groups is 1. The van der Waals surface area contributed by atoms with Crippen LogP contribution in [0.1, 0.15) is 18.4 Å². The number of hydrogen-bond acceptors (Lipinski definition) is 2. The summed E-state index contributed by atoms with van der Waals surface area (Å²) in [7, 11) is 0. The van der Waals surface area contributed by atoms with E-state index < -0.39 is 12.0 Å². The number of carboxylic acid groups (broad SMARTS) is 1. The molecular weight excluding hydrogens is 221 g/mol. The van der Waals surface area contributed by atoms with Crippen LogP contribution in [0.5, 0.6) is 0 Å². The van der Waals surface area contributed by atoms with Crippen LogP contribution in [-0.4, -0.2) is 35.1 Å². The van der Waals surface area contributed by atoms with E-state index >= 15 is 0 Å². The maximum Gasteiger partial charge on any atom is 0.321 e. The van der Waals surface area contributed by atoms with Crippen molar-refractivity contribution in [1.29, 1.82) is 0 Å². The lowest BCUT2D eigenvalue weighted by Gasteiger charge is -2.23. The van der Waals surface area contributed by atoms with Crippen LogP contribution in [0.2, 0.25) is 0 Å². The molecule has 0 radical (unpaired) electrons. The van der Waals surface area contributed by atoms with Gasteiger partial charge in [-0.15, -0.1) is 0 Å². The summed E-state index contributed by atoms with van der Waals surface area (Å²) in [6.07, 6.45) is 2.30. The van der Waals surface area contributed by atoms with Crippen molar-refractivity contribution < 1.29 is 14.3 Å². The fraction of sp³-hybridized carbons (Fsp3) is 0.462. The number of nitrogens with zero attached hydrogens (tertiary/aromatic N) is 1. The highest BCUT2D eigenvalue weighted by Crippen LogP contribution is 2.17. The zero-order valence-electron chi connectivity index (χ0n) is 9.60. The number of aliphatic carboxylic acids is 1. The second kappa shape index (κ2) is 5.27. The number of likely N-dealkylation sites (tertiary alicyclic amines) is 1. The van der Waals surface area contributed by atoms with Gasteiger partial charge in [0, 0.05) is 6.42 Å².